The van der Waals surface area contributed by atoms with Gasteiger partial charge in [-0.05, 0) is 60.6 Å². The summed E-state index contributed by atoms with van der Waals surface area (Å²) in [5.74, 6) is -9.43. The molecule has 338 valence electrons. The number of halogens is 9. The van der Waals surface area contributed by atoms with Gasteiger partial charge in [0, 0.05) is 30.0 Å². The number of carbonyl (C=O) groups is 1. The van der Waals surface area contributed by atoms with Crippen LogP contribution < -0.4 is 20.3 Å². The number of aromatic nitrogens is 7. The van der Waals surface area contributed by atoms with Gasteiger partial charge in [0.1, 0.15) is 41.9 Å². The number of carbonyl (C=O) groups excluding carboxylic acids is 1. The van der Waals surface area contributed by atoms with E-state index in [1.807, 2.05) is 0 Å². The third-order valence-corrected chi connectivity index (χ3v) is 12.2. The number of fused-ring (bicyclic) bond motifs is 5. The van der Waals surface area contributed by atoms with E-state index < -0.39 is 112 Å². The van der Waals surface area contributed by atoms with E-state index in [1.54, 1.807) is 0 Å². The number of benzene rings is 2. The normalized spacial score (nSPS) is 18.2. The Morgan fingerprint density at radius 1 is 1.02 bits per heavy atom. The maximum absolute atomic E-state index is 15.5. The molecule has 2 N–H and O–H groups in total. The minimum atomic E-state index is -4.12. The van der Waals surface area contributed by atoms with Crippen LogP contribution in [0.3, 0.4) is 0 Å². The standard InChI is InChI=1S/C40H34ClF8N9O5S/c1-64(61,62)55-37-31-24(41)5-6-26(33(31)56(54-37)15-27(44)45)58-38(52-36-21(39(58)60)4-7-29(51-36)63-9-8-17-2-3-17)25(12-18-10-19(42)13-20(43)11-18)50-28(59)16-57-34-30(32(53-57)35(46)47)22-14-23(22)40(34,48)49/h4-7,10-11,13,17,22-23,25,27,35H,2-3,8-9,12,14-16H2,1H3,(H,50,59)(H,54,55)/t22?,23?,25-/m0/s1. The molecule has 3 aliphatic rings. The van der Waals surface area contributed by atoms with Crippen LogP contribution in [0.25, 0.3) is 27.6 Å². The highest BCUT2D eigenvalue weighted by Gasteiger charge is 2.67. The lowest BCUT2D eigenvalue weighted by atomic mass is 10.0. The van der Waals surface area contributed by atoms with Crippen molar-refractivity contribution in [2.24, 2.45) is 11.8 Å². The molecule has 2 fully saturated rings. The number of alkyl halides is 6. The topological polar surface area (TPSA) is 168 Å². The van der Waals surface area contributed by atoms with Gasteiger partial charge in [0.2, 0.25) is 21.8 Å². The molecule has 0 spiro atoms. The highest BCUT2D eigenvalue weighted by Crippen LogP contribution is 2.68. The molecule has 0 radical (unpaired) electrons. The Bertz CT molecular complexity index is 3030. The summed E-state index contributed by atoms with van der Waals surface area (Å²) < 4.78 is 152. The molecule has 0 saturated heterocycles. The molecule has 3 aliphatic carbocycles. The fourth-order valence-corrected chi connectivity index (χ4v) is 9.16. The second-order valence-corrected chi connectivity index (χ2v) is 18.2. The van der Waals surface area contributed by atoms with Crippen LogP contribution in [-0.4, -0.2) is 67.7 Å². The van der Waals surface area contributed by atoms with Crippen molar-refractivity contribution in [2.75, 3.05) is 17.6 Å². The van der Waals surface area contributed by atoms with Crippen molar-refractivity contribution < 1.29 is 53.1 Å². The predicted octanol–water partition coefficient (Wildman–Crippen LogP) is 7.32. The predicted molar refractivity (Wildman–Crippen MR) is 214 cm³/mol. The smallest absolute Gasteiger partial charge is 0.293 e. The third-order valence-electron chi connectivity index (χ3n) is 11.3. The summed E-state index contributed by atoms with van der Waals surface area (Å²) >= 11 is 6.56. The van der Waals surface area contributed by atoms with E-state index in [-0.39, 0.29) is 62.7 Å². The van der Waals surface area contributed by atoms with Gasteiger partial charge in [0.05, 0.1) is 45.9 Å². The van der Waals surface area contributed by atoms with Gasteiger partial charge < -0.3 is 10.1 Å². The van der Waals surface area contributed by atoms with E-state index in [0.717, 1.165) is 42.2 Å². The molecular formula is C40H34ClF8N9O5S. The number of rotatable bonds is 16. The molecule has 6 aromatic rings. The lowest BCUT2D eigenvalue weighted by molar-refractivity contribution is -0.123. The Hall–Kier alpha value is -5.84. The summed E-state index contributed by atoms with van der Waals surface area (Å²) in [6.45, 7) is -1.96. The lowest BCUT2D eigenvalue weighted by Gasteiger charge is -2.24. The molecule has 4 heterocycles. The Labute approximate surface area is 361 Å². The number of hydrogen-bond donors (Lipinski definition) is 2. The van der Waals surface area contributed by atoms with Crippen molar-refractivity contribution in [1.82, 2.24) is 39.4 Å². The minimum absolute atomic E-state index is 0.0401. The largest absolute Gasteiger partial charge is 0.478 e. The molecule has 64 heavy (non-hydrogen) atoms. The second kappa shape index (κ2) is 16.0. The van der Waals surface area contributed by atoms with Crippen LogP contribution in [0.2, 0.25) is 5.02 Å². The van der Waals surface area contributed by atoms with E-state index in [2.05, 4.69) is 30.2 Å². The fraction of sp³-hybridized carbons (Fsp3) is 0.400. The molecule has 2 unspecified atom stereocenters. The van der Waals surface area contributed by atoms with Gasteiger partial charge >= 0.3 is 0 Å². The van der Waals surface area contributed by atoms with Crippen LogP contribution in [0.1, 0.15) is 72.4 Å². The number of amides is 1. The van der Waals surface area contributed by atoms with Crippen molar-refractivity contribution >= 4 is 55.3 Å². The van der Waals surface area contributed by atoms with Gasteiger partial charge in [0.15, 0.2) is 11.5 Å². The average Bonchev–Trinajstić information content (AvgIpc) is 4.10. The molecular weight excluding hydrogens is 906 g/mol. The van der Waals surface area contributed by atoms with E-state index >= 15 is 8.78 Å². The Balaban J connectivity index is 1.24. The summed E-state index contributed by atoms with van der Waals surface area (Å²) in [6.07, 6.45) is -3.41. The highest BCUT2D eigenvalue weighted by atomic mass is 35.5. The lowest BCUT2D eigenvalue weighted by Crippen LogP contribution is -2.38. The number of sulfonamides is 1. The van der Waals surface area contributed by atoms with Gasteiger partial charge in [-0.2, -0.15) is 24.0 Å². The van der Waals surface area contributed by atoms with Crippen molar-refractivity contribution in [2.45, 2.75) is 75.9 Å². The van der Waals surface area contributed by atoms with Crippen molar-refractivity contribution in [3.05, 3.63) is 97.8 Å². The van der Waals surface area contributed by atoms with E-state index in [9.17, 15) is 44.3 Å². The van der Waals surface area contributed by atoms with Gasteiger partial charge in [-0.1, -0.05) is 24.4 Å². The van der Waals surface area contributed by atoms with E-state index in [0.29, 0.717) is 21.3 Å². The van der Waals surface area contributed by atoms with E-state index in [1.165, 1.54) is 24.3 Å². The van der Waals surface area contributed by atoms with Crippen molar-refractivity contribution in [3.63, 3.8) is 0 Å². The van der Waals surface area contributed by atoms with Crippen LogP contribution in [0.5, 0.6) is 5.88 Å². The first-order valence-corrected chi connectivity index (χ1v) is 22.1. The molecule has 24 heteroatoms. The second-order valence-electron chi connectivity index (χ2n) is 16.1. The van der Waals surface area contributed by atoms with Crippen LogP contribution >= 0.6 is 11.6 Å². The summed E-state index contributed by atoms with van der Waals surface area (Å²) in [5.41, 5.74) is -4.09. The zero-order valence-electron chi connectivity index (χ0n) is 33.1. The third kappa shape index (κ3) is 8.22. The number of nitrogens with one attached hydrogen (secondary N) is 2. The number of hydrogen-bond acceptors (Lipinski definition) is 9. The molecule has 4 aromatic heterocycles. The quantitative estimate of drug-likeness (QED) is 0.0946. The first kappa shape index (κ1) is 43.4. The van der Waals surface area contributed by atoms with Gasteiger partial charge in [-0.15, -0.1) is 0 Å². The first-order chi connectivity index (χ1) is 30.3. The number of anilines is 1. The zero-order valence-corrected chi connectivity index (χ0v) is 34.7. The average molecular weight is 940 g/mol. The maximum Gasteiger partial charge on any atom is 0.293 e. The van der Waals surface area contributed by atoms with E-state index in [4.69, 9.17) is 16.3 Å². The monoisotopic (exact) mass is 939 g/mol. The van der Waals surface area contributed by atoms with Crippen LogP contribution in [0.4, 0.5) is 40.9 Å². The van der Waals surface area contributed by atoms with Gasteiger partial charge in [-0.25, -0.2) is 39.7 Å². The summed E-state index contributed by atoms with van der Waals surface area (Å²) in [5, 5.41) is 9.67. The minimum Gasteiger partial charge on any atom is -0.478 e. The molecule has 14 nitrogen and oxygen atoms in total. The van der Waals surface area contributed by atoms with Crippen molar-refractivity contribution in [3.8, 4) is 11.6 Å². The highest BCUT2D eigenvalue weighted by molar-refractivity contribution is 7.92. The van der Waals surface area contributed by atoms with Crippen LogP contribution in [0.15, 0.2) is 47.3 Å². The maximum atomic E-state index is 15.5. The van der Waals surface area contributed by atoms with Crippen molar-refractivity contribution in [1.29, 1.82) is 0 Å². The summed E-state index contributed by atoms with van der Waals surface area (Å²) in [4.78, 5) is 38.1. The number of nitrogens with zero attached hydrogens (tertiary/aromatic N) is 7. The van der Waals surface area contributed by atoms with Gasteiger partial charge in [-0.3, -0.25) is 28.2 Å². The first-order valence-electron chi connectivity index (χ1n) is 19.8. The van der Waals surface area contributed by atoms with Gasteiger partial charge in [0.25, 0.3) is 24.3 Å². The number of pyridine rings is 1. The molecule has 3 atom stereocenters. The molecule has 0 aliphatic heterocycles. The molecule has 1 amide bonds. The molecule has 2 saturated carbocycles. The molecule has 2 aromatic carbocycles. The van der Waals surface area contributed by atoms with Crippen LogP contribution in [-0.2, 0) is 40.3 Å². The molecule has 9 rings (SSSR count). The fourth-order valence-electron chi connectivity index (χ4n) is 8.43. The number of ether oxygens (including phenoxy) is 1. The Kier molecular flexibility index (Phi) is 10.9. The summed E-state index contributed by atoms with van der Waals surface area (Å²) in [7, 11) is -4.12. The van der Waals surface area contributed by atoms with Crippen LogP contribution in [0, 0.1) is 23.5 Å². The zero-order chi connectivity index (χ0) is 45.6. The summed E-state index contributed by atoms with van der Waals surface area (Å²) in [6, 6.07) is 5.80. The molecule has 0 bridgehead atoms. The Morgan fingerprint density at radius 3 is 2.42 bits per heavy atom. The SMILES string of the molecule is CS(=O)(=O)Nc1nn(CC(F)F)c2c(-n3c([C@H](Cc4cc(F)cc(F)c4)NC(=O)Cn4nc(C(F)F)c5c4C(F)(F)C4CC54)nc4nc(OCCC5CC5)ccc4c3=O)ccc(Cl)c12. The Morgan fingerprint density at radius 2 is 1.75 bits per heavy atom.